The largest absolute Gasteiger partial charge is 0.416 e. The summed E-state index contributed by atoms with van der Waals surface area (Å²) in [6.45, 7) is 5.66. The highest BCUT2D eigenvalue weighted by Gasteiger charge is 2.30. The number of benzene rings is 1. The second-order valence-electron chi connectivity index (χ2n) is 6.39. The van der Waals surface area contributed by atoms with Crippen LogP contribution in [0.3, 0.4) is 0 Å². The molecule has 0 aliphatic heterocycles. The molecular formula is C18H18F3N5O. The fourth-order valence-electron chi connectivity index (χ4n) is 2.68. The van der Waals surface area contributed by atoms with Gasteiger partial charge in [-0.15, -0.1) is 0 Å². The minimum absolute atomic E-state index is 0.0657. The highest BCUT2D eigenvalue weighted by atomic mass is 19.4. The average molecular weight is 377 g/mol. The number of fused-ring (bicyclic) bond motifs is 1. The molecule has 0 atom stereocenters. The number of alkyl halides is 3. The van der Waals surface area contributed by atoms with Gasteiger partial charge in [-0.25, -0.2) is 9.67 Å². The first-order valence-electron chi connectivity index (χ1n) is 8.25. The van der Waals surface area contributed by atoms with Gasteiger partial charge in [-0.1, -0.05) is 6.07 Å². The van der Waals surface area contributed by atoms with Gasteiger partial charge in [0.25, 0.3) is 5.91 Å². The summed E-state index contributed by atoms with van der Waals surface area (Å²) in [6, 6.07) is 6.25. The van der Waals surface area contributed by atoms with Crippen molar-refractivity contribution >= 4 is 22.6 Å². The summed E-state index contributed by atoms with van der Waals surface area (Å²) in [7, 11) is 0. The number of amides is 1. The molecule has 0 aliphatic carbocycles. The number of anilines is 1. The van der Waals surface area contributed by atoms with Crippen LogP contribution < -0.4 is 10.9 Å². The molecule has 27 heavy (non-hydrogen) atoms. The zero-order valence-electron chi connectivity index (χ0n) is 14.9. The number of carbonyl (C=O) groups is 1. The zero-order chi connectivity index (χ0) is 19.8. The van der Waals surface area contributed by atoms with Crippen LogP contribution in [0.25, 0.3) is 11.0 Å². The number of pyridine rings is 1. The van der Waals surface area contributed by atoms with Crippen molar-refractivity contribution in [1.29, 1.82) is 0 Å². The minimum Gasteiger partial charge on any atom is -0.298 e. The summed E-state index contributed by atoms with van der Waals surface area (Å²) in [6.07, 6.45) is -2.90. The Balaban J connectivity index is 1.85. The molecule has 142 valence electrons. The molecule has 0 aliphatic rings. The Bertz CT molecular complexity index is 994. The summed E-state index contributed by atoms with van der Waals surface area (Å²) in [4.78, 5) is 17.0. The molecule has 0 spiro atoms. The number of carbonyl (C=O) groups excluding carboxylic acids is 1. The molecule has 0 saturated carbocycles. The van der Waals surface area contributed by atoms with Crippen molar-refractivity contribution in [2.45, 2.75) is 33.0 Å². The Hall–Kier alpha value is -3.10. The van der Waals surface area contributed by atoms with Crippen LogP contribution in [-0.4, -0.2) is 20.7 Å². The van der Waals surface area contributed by atoms with Gasteiger partial charge in [-0.2, -0.15) is 18.3 Å². The van der Waals surface area contributed by atoms with Gasteiger partial charge in [-0.3, -0.25) is 15.6 Å². The molecule has 9 heteroatoms. The molecule has 0 fully saturated rings. The van der Waals surface area contributed by atoms with Crippen LogP contribution >= 0.6 is 0 Å². The van der Waals surface area contributed by atoms with Gasteiger partial charge in [0.2, 0.25) is 0 Å². The molecule has 2 heterocycles. The van der Waals surface area contributed by atoms with Gasteiger partial charge in [0.05, 0.1) is 28.4 Å². The van der Waals surface area contributed by atoms with Crippen LogP contribution in [0.1, 0.15) is 41.5 Å². The molecule has 2 aromatic heterocycles. The van der Waals surface area contributed by atoms with Crippen LogP contribution in [-0.2, 0) is 6.18 Å². The Labute approximate surface area is 153 Å². The minimum atomic E-state index is -4.46. The monoisotopic (exact) mass is 377 g/mol. The third kappa shape index (κ3) is 3.86. The van der Waals surface area contributed by atoms with Gasteiger partial charge < -0.3 is 0 Å². The molecule has 0 bridgehead atoms. The van der Waals surface area contributed by atoms with E-state index < -0.39 is 17.6 Å². The van der Waals surface area contributed by atoms with E-state index in [1.165, 1.54) is 12.1 Å². The molecule has 2 N–H and O–H groups in total. The number of aromatic nitrogens is 3. The number of hydrazine groups is 1. The lowest BCUT2D eigenvalue weighted by molar-refractivity contribution is -0.137. The first-order chi connectivity index (χ1) is 12.7. The van der Waals surface area contributed by atoms with Crippen LogP contribution in [0.15, 0.2) is 36.5 Å². The smallest absolute Gasteiger partial charge is 0.298 e. The Morgan fingerprint density at radius 2 is 1.96 bits per heavy atom. The highest BCUT2D eigenvalue weighted by molar-refractivity contribution is 6.05. The predicted octanol–water partition coefficient (Wildman–Crippen LogP) is 4.10. The third-order valence-corrected chi connectivity index (χ3v) is 3.94. The second-order valence-corrected chi connectivity index (χ2v) is 6.39. The summed E-state index contributed by atoms with van der Waals surface area (Å²) >= 11 is 0. The number of nitrogens with zero attached hydrogens (tertiary/aromatic N) is 3. The maximum absolute atomic E-state index is 12.8. The van der Waals surface area contributed by atoms with Gasteiger partial charge >= 0.3 is 6.18 Å². The summed E-state index contributed by atoms with van der Waals surface area (Å²) in [5.74, 6) is -0.494. The Morgan fingerprint density at radius 3 is 2.63 bits per heavy atom. The molecule has 1 amide bonds. The number of hydrogen-bond donors (Lipinski definition) is 2. The van der Waals surface area contributed by atoms with Gasteiger partial charge in [0, 0.05) is 11.7 Å². The third-order valence-electron chi connectivity index (χ3n) is 3.94. The van der Waals surface area contributed by atoms with Gasteiger partial charge in [-0.05, 0) is 45.0 Å². The van der Waals surface area contributed by atoms with Crippen LogP contribution in [0.4, 0.5) is 18.9 Å². The summed E-state index contributed by atoms with van der Waals surface area (Å²) < 4.78 is 40.1. The van der Waals surface area contributed by atoms with Crippen molar-refractivity contribution in [2.75, 3.05) is 5.43 Å². The fourth-order valence-corrected chi connectivity index (χ4v) is 2.68. The molecule has 6 nitrogen and oxygen atoms in total. The lowest BCUT2D eigenvalue weighted by atomic mass is 10.1. The number of rotatable bonds is 4. The molecule has 0 radical (unpaired) electrons. The standard InChI is InChI=1S/C18H18F3N5O/c1-10(2)26-16-15(9-22-26)14(7-11(3)23-16)17(27)25-24-13-6-4-5-12(8-13)18(19,20)21/h4-10,24H,1-3H3,(H,25,27). The molecule has 3 aromatic rings. The van der Waals surface area contributed by atoms with Gasteiger partial charge in [0.1, 0.15) is 0 Å². The van der Waals surface area contributed by atoms with E-state index >= 15 is 0 Å². The van der Waals surface area contributed by atoms with E-state index in [9.17, 15) is 18.0 Å². The van der Waals surface area contributed by atoms with Crippen molar-refractivity contribution < 1.29 is 18.0 Å². The Morgan fingerprint density at radius 1 is 1.22 bits per heavy atom. The van der Waals surface area contributed by atoms with E-state index in [2.05, 4.69) is 20.9 Å². The molecule has 0 saturated heterocycles. The normalized spacial score (nSPS) is 11.8. The topological polar surface area (TPSA) is 71.8 Å². The number of hydrogen-bond acceptors (Lipinski definition) is 4. The SMILES string of the molecule is Cc1cc(C(=O)NNc2cccc(C(F)(F)F)c2)c2cnn(C(C)C)c2n1. The lowest BCUT2D eigenvalue weighted by Crippen LogP contribution is -2.29. The molecular weight excluding hydrogens is 359 g/mol. The van der Waals surface area contributed by atoms with E-state index in [0.29, 0.717) is 22.3 Å². The van der Waals surface area contributed by atoms with Crippen molar-refractivity contribution in [3.05, 3.63) is 53.3 Å². The van der Waals surface area contributed by atoms with Crippen molar-refractivity contribution in [2.24, 2.45) is 0 Å². The summed E-state index contributed by atoms with van der Waals surface area (Å²) in [5.41, 5.74) is 5.82. The van der Waals surface area contributed by atoms with E-state index in [0.717, 1.165) is 12.1 Å². The van der Waals surface area contributed by atoms with E-state index in [4.69, 9.17) is 0 Å². The maximum Gasteiger partial charge on any atom is 0.416 e. The van der Waals surface area contributed by atoms with E-state index in [1.807, 2.05) is 13.8 Å². The zero-order valence-corrected chi connectivity index (χ0v) is 14.9. The maximum atomic E-state index is 12.8. The molecule has 3 rings (SSSR count). The first kappa shape index (κ1) is 18.7. The summed E-state index contributed by atoms with van der Waals surface area (Å²) in [5, 5.41) is 4.83. The van der Waals surface area contributed by atoms with Crippen molar-refractivity contribution in [1.82, 2.24) is 20.2 Å². The van der Waals surface area contributed by atoms with Crippen molar-refractivity contribution in [3.8, 4) is 0 Å². The lowest BCUT2D eigenvalue weighted by Gasteiger charge is -2.12. The average Bonchev–Trinajstić information content (AvgIpc) is 3.02. The van der Waals surface area contributed by atoms with E-state index in [1.54, 1.807) is 23.9 Å². The Kier molecular flexibility index (Phi) is 4.77. The van der Waals surface area contributed by atoms with Crippen molar-refractivity contribution in [3.63, 3.8) is 0 Å². The number of aryl methyl sites for hydroxylation is 1. The van der Waals surface area contributed by atoms with Crippen LogP contribution in [0.5, 0.6) is 0 Å². The van der Waals surface area contributed by atoms with Gasteiger partial charge in [0.15, 0.2) is 5.65 Å². The van der Waals surface area contributed by atoms with E-state index in [-0.39, 0.29) is 11.7 Å². The second kappa shape index (κ2) is 6.90. The van der Waals surface area contributed by atoms with Crippen LogP contribution in [0, 0.1) is 6.92 Å². The first-order valence-corrected chi connectivity index (χ1v) is 8.25. The predicted molar refractivity (Wildman–Crippen MR) is 95.2 cm³/mol. The quantitative estimate of drug-likeness (QED) is 0.672. The fraction of sp³-hybridized carbons (Fsp3) is 0.278. The highest BCUT2D eigenvalue weighted by Crippen LogP contribution is 2.30. The molecule has 0 unspecified atom stereocenters. The number of halogens is 3. The number of nitrogens with one attached hydrogen (secondary N) is 2. The molecule has 1 aromatic carbocycles. The van der Waals surface area contributed by atoms with Crippen LogP contribution in [0.2, 0.25) is 0 Å².